The topological polar surface area (TPSA) is 81.4 Å². The molecule has 5 nitrogen and oxygen atoms in total. The largest absolute Gasteiger partial charge is 0.330 e. The molecule has 0 saturated heterocycles. The maximum absolute atomic E-state index is 11.7. The minimum Gasteiger partial charge on any atom is -0.330 e. The fraction of sp³-hybridized carbons (Fsp3) is 1.00. The van der Waals surface area contributed by atoms with Gasteiger partial charge >= 0.3 is 0 Å². The number of rotatable bonds is 11. The van der Waals surface area contributed by atoms with Crippen LogP contribution >= 0.6 is 0 Å². The average Bonchev–Trinajstić information content (AvgIpc) is 2.44. The van der Waals surface area contributed by atoms with E-state index in [9.17, 15) is 8.42 Å². The summed E-state index contributed by atoms with van der Waals surface area (Å²) in [7, 11) is -3.28. The smallest absolute Gasteiger partial charge is 0.233 e. The van der Waals surface area contributed by atoms with E-state index in [1.807, 2.05) is 0 Å². The Kier molecular flexibility index (Phi) is 9.42. The number of nitrogens with one attached hydrogen (secondary N) is 1. The number of sulfonamides is 1. The summed E-state index contributed by atoms with van der Waals surface area (Å²) in [6.07, 6.45) is 11.0. The third-order valence-corrected chi connectivity index (χ3v) is 5.10. The highest BCUT2D eigenvalue weighted by Gasteiger charge is 2.14. The predicted octanol–water partition coefficient (Wildman–Crippen LogP) is 2.33. The van der Waals surface area contributed by atoms with Gasteiger partial charge in [0.25, 0.3) is 0 Å². The zero-order valence-corrected chi connectivity index (χ0v) is 13.3. The molecule has 0 radical (unpaired) electrons. The predicted molar refractivity (Wildman–Crippen MR) is 81.6 cm³/mol. The lowest BCUT2D eigenvalue weighted by molar-refractivity contribution is 0.0771. The van der Waals surface area contributed by atoms with E-state index in [0.717, 1.165) is 25.7 Å². The molecule has 0 unspecified atom stereocenters. The van der Waals surface area contributed by atoms with Crippen LogP contribution in [-0.4, -0.2) is 27.3 Å². The Morgan fingerprint density at radius 3 is 2.45 bits per heavy atom. The van der Waals surface area contributed by atoms with E-state index in [-0.39, 0.29) is 5.75 Å². The van der Waals surface area contributed by atoms with E-state index in [1.54, 1.807) is 0 Å². The fourth-order valence-electron chi connectivity index (χ4n) is 2.66. The maximum atomic E-state index is 11.7. The van der Waals surface area contributed by atoms with Crippen molar-refractivity contribution in [1.29, 1.82) is 0 Å². The molecule has 1 aliphatic carbocycles. The second-order valence-corrected chi connectivity index (χ2v) is 7.55. The molecule has 0 amide bonds. The minimum atomic E-state index is -3.28. The molecule has 3 N–H and O–H groups in total. The molecule has 0 aliphatic heterocycles. The molecule has 1 fully saturated rings. The van der Waals surface area contributed by atoms with E-state index >= 15 is 0 Å². The number of unbranched alkanes of at least 4 members (excludes halogenated alkanes) is 3. The van der Waals surface area contributed by atoms with Gasteiger partial charge in [-0.25, -0.2) is 8.42 Å². The Bertz CT molecular complexity index is 327. The summed E-state index contributed by atoms with van der Waals surface area (Å²) in [6.45, 7) is 1.16. The molecule has 0 heterocycles. The summed E-state index contributed by atoms with van der Waals surface area (Å²) in [5.74, 6) is 0.852. The van der Waals surface area contributed by atoms with Gasteiger partial charge in [-0.15, -0.1) is 0 Å². The Morgan fingerprint density at radius 1 is 1.05 bits per heavy atom. The Hall–Kier alpha value is -0.170. The molecule has 1 aliphatic rings. The van der Waals surface area contributed by atoms with Gasteiger partial charge in [-0.3, -0.25) is 4.84 Å². The van der Waals surface area contributed by atoms with Crippen LogP contribution in [0.25, 0.3) is 0 Å². The fourth-order valence-corrected chi connectivity index (χ4v) is 3.59. The first kappa shape index (κ1) is 17.9. The van der Waals surface area contributed by atoms with Crippen LogP contribution in [0, 0.1) is 5.92 Å². The highest BCUT2D eigenvalue weighted by atomic mass is 32.2. The second kappa shape index (κ2) is 10.5. The van der Waals surface area contributed by atoms with Crippen molar-refractivity contribution in [2.75, 3.05) is 18.9 Å². The summed E-state index contributed by atoms with van der Waals surface area (Å²) in [4.78, 5) is 7.36. The van der Waals surface area contributed by atoms with E-state index < -0.39 is 10.0 Å². The lowest BCUT2D eigenvalue weighted by atomic mass is 9.87. The van der Waals surface area contributed by atoms with Crippen LogP contribution in [-0.2, 0) is 14.9 Å². The van der Waals surface area contributed by atoms with Gasteiger partial charge in [0, 0.05) is 0 Å². The molecule has 1 rings (SSSR count). The normalized spacial score (nSPS) is 17.4. The standard InChI is InChI=1S/C14H30N2O3S/c15-11-6-1-2-7-13-20(17,18)16-19-12-10-14-8-4-3-5-9-14/h14,16H,1-13,15H2. The summed E-state index contributed by atoms with van der Waals surface area (Å²) in [5.41, 5.74) is 5.39. The summed E-state index contributed by atoms with van der Waals surface area (Å²) in [5, 5.41) is 0. The van der Waals surface area contributed by atoms with Crippen molar-refractivity contribution >= 4 is 10.0 Å². The monoisotopic (exact) mass is 306 g/mol. The first-order valence-corrected chi connectivity index (χ1v) is 9.60. The van der Waals surface area contributed by atoms with Crippen LogP contribution in [0.2, 0.25) is 0 Å². The van der Waals surface area contributed by atoms with Crippen molar-refractivity contribution in [3.05, 3.63) is 0 Å². The Balaban J connectivity index is 2.01. The van der Waals surface area contributed by atoms with Crippen LogP contribution < -0.4 is 10.6 Å². The highest BCUT2D eigenvalue weighted by molar-refractivity contribution is 7.89. The Morgan fingerprint density at radius 2 is 1.75 bits per heavy atom. The van der Waals surface area contributed by atoms with Gasteiger partial charge in [-0.2, -0.15) is 0 Å². The van der Waals surface area contributed by atoms with Crippen molar-refractivity contribution in [3.63, 3.8) is 0 Å². The number of nitrogens with two attached hydrogens (primary N) is 1. The third-order valence-electron chi connectivity index (χ3n) is 3.91. The van der Waals surface area contributed by atoms with Crippen molar-refractivity contribution in [2.45, 2.75) is 64.2 Å². The van der Waals surface area contributed by atoms with Crippen molar-refractivity contribution in [1.82, 2.24) is 4.89 Å². The molecule has 120 valence electrons. The second-order valence-electron chi connectivity index (χ2n) is 5.75. The average molecular weight is 306 g/mol. The molecule has 0 aromatic heterocycles. The summed E-state index contributed by atoms with van der Waals surface area (Å²) < 4.78 is 23.3. The van der Waals surface area contributed by atoms with Crippen LogP contribution in [0.1, 0.15) is 64.2 Å². The third kappa shape index (κ3) is 8.89. The van der Waals surface area contributed by atoms with Gasteiger partial charge in [-0.05, 0) is 31.7 Å². The molecule has 1 saturated carbocycles. The summed E-state index contributed by atoms with van der Waals surface area (Å²) >= 11 is 0. The molecule has 20 heavy (non-hydrogen) atoms. The van der Waals surface area contributed by atoms with Gasteiger partial charge in [0.1, 0.15) is 0 Å². The van der Waals surface area contributed by atoms with Crippen LogP contribution in [0.15, 0.2) is 0 Å². The van der Waals surface area contributed by atoms with Gasteiger partial charge in [0.2, 0.25) is 10.0 Å². The van der Waals surface area contributed by atoms with Gasteiger partial charge in [0.15, 0.2) is 0 Å². The summed E-state index contributed by atoms with van der Waals surface area (Å²) in [6, 6.07) is 0. The minimum absolute atomic E-state index is 0.140. The van der Waals surface area contributed by atoms with Gasteiger partial charge in [-0.1, -0.05) is 49.8 Å². The van der Waals surface area contributed by atoms with Gasteiger partial charge < -0.3 is 5.73 Å². The zero-order chi connectivity index (χ0) is 14.7. The van der Waals surface area contributed by atoms with E-state index in [2.05, 4.69) is 4.89 Å². The highest BCUT2D eigenvalue weighted by Crippen LogP contribution is 2.25. The number of hydrogen-bond acceptors (Lipinski definition) is 4. The van der Waals surface area contributed by atoms with Crippen molar-refractivity contribution in [2.24, 2.45) is 11.7 Å². The SMILES string of the molecule is NCCCCCCS(=O)(=O)NOCCC1CCCCC1. The molecule has 0 aromatic rings. The molecular formula is C14H30N2O3S. The maximum Gasteiger partial charge on any atom is 0.233 e. The van der Waals surface area contributed by atoms with Crippen molar-refractivity contribution in [3.8, 4) is 0 Å². The Labute approximate surface area is 123 Å². The molecule has 0 atom stereocenters. The van der Waals surface area contributed by atoms with Gasteiger partial charge in [0.05, 0.1) is 12.4 Å². The molecular weight excluding hydrogens is 276 g/mol. The quantitative estimate of drug-likeness (QED) is 0.453. The molecule has 0 bridgehead atoms. The lowest BCUT2D eigenvalue weighted by Crippen LogP contribution is -2.27. The first-order chi connectivity index (χ1) is 9.64. The van der Waals surface area contributed by atoms with E-state index in [4.69, 9.17) is 10.6 Å². The zero-order valence-electron chi connectivity index (χ0n) is 12.5. The van der Waals surface area contributed by atoms with Crippen LogP contribution in [0.4, 0.5) is 0 Å². The van der Waals surface area contributed by atoms with Crippen LogP contribution in [0.3, 0.4) is 0 Å². The van der Waals surface area contributed by atoms with E-state index in [0.29, 0.717) is 25.5 Å². The van der Waals surface area contributed by atoms with E-state index in [1.165, 1.54) is 32.1 Å². The number of hydrogen-bond donors (Lipinski definition) is 2. The first-order valence-electron chi connectivity index (χ1n) is 7.95. The van der Waals surface area contributed by atoms with Crippen LogP contribution in [0.5, 0.6) is 0 Å². The molecule has 0 spiro atoms. The lowest BCUT2D eigenvalue weighted by Gasteiger charge is -2.21. The van der Waals surface area contributed by atoms with Crippen molar-refractivity contribution < 1.29 is 13.3 Å². The molecule has 6 heteroatoms. The molecule has 0 aromatic carbocycles.